The summed E-state index contributed by atoms with van der Waals surface area (Å²) in [6.07, 6.45) is 26.6. The Kier molecular flexibility index (Phi) is 26.3. The fraction of sp³-hybridized carbons (Fsp3) is 0.758. The van der Waals surface area contributed by atoms with Crippen LogP contribution >= 0.6 is 0 Å². The van der Waals surface area contributed by atoms with Crippen LogP contribution in [0.1, 0.15) is 130 Å². The molecule has 0 rings (SSSR count). The minimum Gasteiger partial charge on any atom is -0.463 e. The largest absolute Gasteiger partial charge is 0.463 e. The maximum Gasteiger partial charge on any atom is 0.305 e. The number of hydrogen-bond donors (Lipinski definition) is 2. The number of unbranched alkanes of at least 4 members (excludes halogenated alkanes) is 9. The lowest BCUT2D eigenvalue weighted by Crippen LogP contribution is -2.25. The molecule has 0 aromatic rings. The zero-order chi connectivity index (χ0) is 29.0. The summed E-state index contributed by atoms with van der Waals surface area (Å²) < 4.78 is 10.2. The average Bonchev–Trinajstić information content (AvgIpc) is 2.90. The van der Waals surface area contributed by atoms with Crippen LogP contribution in [0.5, 0.6) is 0 Å². The summed E-state index contributed by atoms with van der Waals surface area (Å²) in [6.45, 7) is 6.31. The maximum atomic E-state index is 11.9. The topological polar surface area (TPSA) is 93.1 Å². The summed E-state index contributed by atoms with van der Waals surface area (Å²) >= 11 is 0. The zero-order valence-corrected chi connectivity index (χ0v) is 25.2. The van der Waals surface area contributed by atoms with Crippen LogP contribution in [0, 0.1) is 5.92 Å². The standard InChI is InChI=1S/C33H58O6/c1-4-5-6-7-8-13-18-23-30(34)24-19-14-11-16-21-26-33(37)39-28-31(35)27-38-32(36)25-20-15-10-9-12-17-22-29(2)3/h5-6,8,13,18,23,29-31,34-35H,4,7,9-12,14-17,19-22,24-28H2,1-3H3/b6-5+,13-8+,23-18+/t30?,31-/m0/s1. The Balaban J connectivity index is 3.59. The molecule has 0 aliphatic carbocycles. The number of aliphatic hydroxyl groups excluding tert-OH is 2. The first kappa shape index (κ1) is 37.1. The van der Waals surface area contributed by atoms with Gasteiger partial charge in [-0.15, -0.1) is 0 Å². The number of ether oxygens (including phenoxy) is 2. The van der Waals surface area contributed by atoms with Crippen molar-refractivity contribution in [3.05, 3.63) is 36.5 Å². The van der Waals surface area contributed by atoms with Gasteiger partial charge in [0.1, 0.15) is 19.3 Å². The van der Waals surface area contributed by atoms with E-state index in [-0.39, 0.29) is 25.2 Å². The second kappa shape index (κ2) is 27.6. The predicted octanol–water partition coefficient (Wildman–Crippen LogP) is 7.77. The third kappa shape index (κ3) is 28.9. The van der Waals surface area contributed by atoms with Gasteiger partial charge in [0.05, 0.1) is 6.10 Å². The molecule has 0 aromatic carbocycles. The van der Waals surface area contributed by atoms with Crippen LogP contribution in [0.3, 0.4) is 0 Å². The molecule has 39 heavy (non-hydrogen) atoms. The van der Waals surface area contributed by atoms with Crippen molar-refractivity contribution >= 4 is 11.9 Å². The molecule has 2 atom stereocenters. The highest BCUT2D eigenvalue weighted by atomic mass is 16.6. The van der Waals surface area contributed by atoms with Gasteiger partial charge < -0.3 is 19.7 Å². The molecule has 1 unspecified atom stereocenters. The van der Waals surface area contributed by atoms with E-state index in [4.69, 9.17) is 9.47 Å². The molecule has 0 aliphatic heterocycles. The van der Waals surface area contributed by atoms with Crippen LogP contribution in [0.15, 0.2) is 36.5 Å². The van der Waals surface area contributed by atoms with Crippen molar-refractivity contribution in [3.8, 4) is 0 Å². The molecule has 6 heteroatoms. The second-order valence-electron chi connectivity index (χ2n) is 10.9. The van der Waals surface area contributed by atoms with Crippen LogP contribution in [0.4, 0.5) is 0 Å². The lowest BCUT2D eigenvalue weighted by Gasteiger charge is -2.12. The molecule has 0 amide bonds. The summed E-state index contributed by atoms with van der Waals surface area (Å²) in [7, 11) is 0. The van der Waals surface area contributed by atoms with E-state index in [1.54, 1.807) is 0 Å². The Morgan fingerprint density at radius 3 is 1.72 bits per heavy atom. The lowest BCUT2D eigenvalue weighted by atomic mass is 10.0. The fourth-order valence-corrected chi connectivity index (χ4v) is 4.04. The van der Waals surface area contributed by atoms with Crippen molar-refractivity contribution < 1.29 is 29.3 Å². The van der Waals surface area contributed by atoms with Crippen molar-refractivity contribution in [1.82, 2.24) is 0 Å². The van der Waals surface area contributed by atoms with E-state index in [0.29, 0.717) is 12.8 Å². The highest BCUT2D eigenvalue weighted by molar-refractivity contribution is 5.69. The Morgan fingerprint density at radius 1 is 0.667 bits per heavy atom. The predicted molar refractivity (Wildman–Crippen MR) is 160 cm³/mol. The normalized spacial score (nSPS) is 13.6. The molecular weight excluding hydrogens is 492 g/mol. The monoisotopic (exact) mass is 550 g/mol. The average molecular weight is 551 g/mol. The van der Waals surface area contributed by atoms with Gasteiger partial charge in [-0.2, -0.15) is 0 Å². The van der Waals surface area contributed by atoms with Gasteiger partial charge in [-0.25, -0.2) is 0 Å². The maximum absolute atomic E-state index is 11.9. The number of carbonyl (C=O) groups is 2. The quantitative estimate of drug-likeness (QED) is 0.0494. The molecule has 0 saturated heterocycles. The number of allylic oxidation sites excluding steroid dienone is 5. The number of esters is 2. The molecular formula is C33H58O6. The van der Waals surface area contributed by atoms with Gasteiger partial charge >= 0.3 is 11.9 Å². The number of rotatable bonds is 26. The molecule has 226 valence electrons. The molecule has 0 spiro atoms. The number of aliphatic hydroxyl groups is 2. The van der Waals surface area contributed by atoms with E-state index < -0.39 is 12.2 Å². The summed E-state index contributed by atoms with van der Waals surface area (Å²) in [5, 5.41) is 19.9. The van der Waals surface area contributed by atoms with E-state index >= 15 is 0 Å². The minimum atomic E-state index is -0.993. The zero-order valence-electron chi connectivity index (χ0n) is 25.2. The van der Waals surface area contributed by atoms with Crippen LogP contribution in [-0.4, -0.2) is 47.6 Å². The molecule has 0 aliphatic rings. The molecule has 6 nitrogen and oxygen atoms in total. The first-order valence-corrected chi connectivity index (χ1v) is 15.5. The summed E-state index contributed by atoms with van der Waals surface area (Å²) in [5.41, 5.74) is 0. The van der Waals surface area contributed by atoms with Crippen molar-refractivity contribution in [1.29, 1.82) is 0 Å². The van der Waals surface area contributed by atoms with Crippen molar-refractivity contribution in [2.45, 2.75) is 142 Å². The van der Waals surface area contributed by atoms with Crippen LogP contribution in [0.2, 0.25) is 0 Å². The summed E-state index contributed by atoms with van der Waals surface area (Å²) in [4.78, 5) is 23.7. The van der Waals surface area contributed by atoms with E-state index in [1.807, 2.05) is 18.2 Å². The molecule has 0 bridgehead atoms. The highest BCUT2D eigenvalue weighted by Gasteiger charge is 2.12. The fourth-order valence-electron chi connectivity index (χ4n) is 4.04. The Labute approximate surface area is 238 Å². The van der Waals surface area contributed by atoms with Gasteiger partial charge in [-0.1, -0.05) is 121 Å². The first-order chi connectivity index (χ1) is 18.8. The Hall–Kier alpha value is -1.92. The van der Waals surface area contributed by atoms with Crippen LogP contribution in [-0.2, 0) is 19.1 Å². The van der Waals surface area contributed by atoms with E-state index in [1.165, 1.54) is 25.7 Å². The van der Waals surface area contributed by atoms with Gasteiger partial charge in [0.25, 0.3) is 0 Å². The van der Waals surface area contributed by atoms with Gasteiger partial charge in [0, 0.05) is 12.8 Å². The van der Waals surface area contributed by atoms with Crippen LogP contribution < -0.4 is 0 Å². The highest BCUT2D eigenvalue weighted by Crippen LogP contribution is 2.13. The van der Waals surface area contributed by atoms with Crippen LogP contribution in [0.25, 0.3) is 0 Å². The molecule has 0 heterocycles. The minimum absolute atomic E-state index is 0.144. The second-order valence-corrected chi connectivity index (χ2v) is 10.9. The van der Waals surface area contributed by atoms with E-state index in [2.05, 4.69) is 39.0 Å². The molecule has 0 saturated carbocycles. The van der Waals surface area contributed by atoms with Gasteiger partial charge in [-0.3, -0.25) is 9.59 Å². The van der Waals surface area contributed by atoms with Crippen molar-refractivity contribution in [2.24, 2.45) is 5.92 Å². The Bertz CT molecular complexity index is 667. The summed E-state index contributed by atoms with van der Waals surface area (Å²) in [5.74, 6) is 0.119. The van der Waals surface area contributed by atoms with Crippen molar-refractivity contribution in [3.63, 3.8) is 0 Å². The van der Waals surface area contributed by atoms with E-state index in [9.17, 15) is 19.8 Å². The molecule has 0 radical (unpaired) electrons. The lowest BCUT2D eigenvalue weighted by molar-refractivity contribution is -0.152. The first-order valence-electron chi connectivity index (χ1n) is 15.5. The van der Waals surface area contributed by atoms with Gasteiger partial charge in [0.15, 0.2) is 0 Å². The number of carbonyl (C=O) groups excluding carboxylic acids is 2. The SMILES string of the molecule is CC/C=C/C/C=C/C=C/C(O)CCCCCCCC(=O)OC[C@@H](O)COC(=O)CCCCCCCCC(C)C. The van der Waals surface area contributed by atoms with Gasteiger partial charge in [0.2, 0.25) is 0 Å². The Morgan fingerprint density at radius 2 is 1.18 bits per heavy atom. The van der Waals surface area contributed by atoms with E-state index in [0.717, 1.165) is 76.5 Å². The summed E-state index contributed by atoms with van der Waals surface area (Å²) in [6, 6.07) is 0. The molecule has 2 N–H and O–H groups in total. The van der Waals surface area contributed by atoms with Gasteiger partial charge in [-0.05, 0) is 38.0 Å². The smallest absolute Gasteiger partial charge is 0.305 e. The molecule has 0 aromatic heterocycles. The number of hydrogen-bond acceptors (Lipinski definition) is 6. The van der Waals surface area contributed by atoms with Crippen molar-refractivity contribution in [2.75, 3.05) is 13.2 Å². The third-order valence-electron chi connectivity index (χ3n) is 6.42. The third-order valence-corrected chi connectivity index (χ3v) is 6.42. The molecule has 0 fully saturated rings.